The molecule has 2 aromatic carbocycles. The van der Waals surface area contributed by atoms with E-state index >= 15 is 0 Å². The van der Waals surface area contributed by atoms with Crippen molar-refractivity contribution in [2.45, 2.75) is 51.3 Å². The van der Waals surface area contributed by atoms with Crippen molar-refractivity contribution < 1.29 is 24.3 Å². The Hall–Kier alpha value is -3.33. The summed E-state index contributed by atoms with van der Waals surface area (Å²) in [6.07, 6.45) is 2.62. The number of rotatable bonds is 9. The van der Waals surface area contributed by atoms with Crippen molar-refractivity contribution in [3.8, 4) is 11.5 Å². The van der Waals surface area contributed by atoms with Crippen molar-refractivity contribution in [2.24, 2.45) is 0 Å². The molecule has 2 aromatic rings. The molecule has 1 amide bonds. The van der Waals surface area contributed by atoms with Gasteiger partial charge in [0.15, 0.2) is 11.5 Å². The zero-order valence-corrected chi connectivity index (χ0v) is 18.3. The van der Waals surface area contributed by atoms with Crippen molar-refractivity contribution in [1.29, 1.82) is 0 Å². The van der Waals surface area contributed by atoms with Gasteiger partial charge in [0, 0.05) is 30.4 Å². The number of aliphatic hydroxyl groups is 1. The Morgan fingerprint density at radius 2 is 1.91 bits per heavy atom. The quantitative estimate of drug-likeness (QED) is 0.399. The van der Waals surface area contributed by atoms with Crippen molar-refractivity contribution >= 4 is 17.3 Å². The van der Waals surface area contributed by atoms with Crippen molar-refractivity contribution in [3.05, 3.63) is 57.6 Å². The molecule has 1 aliphatic rings. The maximum absolute atomic E-state index is 13.0. The minimum atomic E-state index is -0.519. The maximum atomic E-state index is 13.0. The van der Waals surface area contributed by atoms with Gasteiger partial charge in [-0.3, -0.25) is 14.9 Å². The molecule has 0 bridgehead atoms. The number of amides is 1. The Kier molecular flexibility index (Phi) is 7.88. The Balaban J connectivity index is 1.75. The first-order valence-electron chi connectivity index (χ1n) is 10.7. The average molecular weight is 444 g/mol. The number of carbonyl (C=O) groups excluding carboxylic acids is 1. The number of methoxy groups -OCH3 is 1. The fraction of sp³-hybridized carbons (Fsp3) is 0.435. The van der Waals surface area contributed by atoms with Crippen LogP contribution in [0.25, 0.3) is 0 Å². The van der Waals surface area contributed by atoms with Crippen LogP contribution in [0.5, 0.6) is 11.5 Å². The summed E-state index contributed by atoms with van der Waals surface area (Å²) in [4.78, 5) is 23.7. The molecule has 9 heteroatoms. The molecule has 0 aliphatic heterocycles. The molecule has 0 radical (unpaired) electrons. The molecule has 0 saturated heterocycles. The maximum Gasteiger partial charge on any atom is 0.270 e. The molecular formula is C23H29N3O6. The van der Waals surface area contributed by atoms with Gasteiger partial charge in [0.1, 0.15) is 0 Å². The minimum Gasteiger partial charge on any atom is -0.493 e. The van der Waals surface area contributed by atoms with E-state index in [9.17, 15) is 20.0 Å². The van der Waals surface area contributed by atoms with Crippen LogP contribution in [0.3, 0.4) is 0 Å². The second-order valence-corrected chi connectivity index (χ2v) is 7.74. The number of nitro benzene ring substituents is 1. The molecular weight excluding hydrogens is 414 g/mol. The van der Waals surface area contributed by atoms with Crippen LogP contribution in [-0.4, -0.2) is 41.8 Å². The number of nitrogens with zero attached hydrogens (tertiary/aromatic N) is 1. The zero-order chi connectivity index (χ0) is 23.1. The highest BCUT2D eigenvalue weighted by molar-refractivity contribution is 6.00. The van der Waals surface area contributed by atoms with Crippen LogP contribution in [-0.2, 0) is 6.54 Å². The lowest BCUT2D eigenvalue weighted by Gasteiger charge is -2.27. The normalized spacial score (nSPS) is 18.0. The first-order valence-corrected chi connectivity index (χ1v) is 10.7. The SMILES string of the molecule is CCOc1ccc(CNC(=O)c2cc([N+](=O)[O-])ccc2NC2CCC(O)CC2)cc1OC. The van der Waals surface area contributed by atoms with Gasteiger partial charge in [-0.2, -0.15) is 0 Å². The summed E-state index contributed by atoms with van der Waals surface area (Å²) in [7, 11) is 1.55. The van der Waals surface area contributed by atoms with Crippen LogP contribution in [0, 0.1) is 10.1 Å². The van der Waals surface area contributed by atoms with Gasteiger partial charge in [-0.15, -0.1) is 0 Å². The predicted molar refractivity (Wildman–Crippen MR) is 120 cm³/mol. The average Bonchev–Trinajstić information content (AvgIpc) is 2.80. The summed E-state index contributed by atoms with van der Waals surface area (Å²) < 4.78 is 10.9. The number of hydrogen-bond donors (Lipinski definition) is 3. The molecule has 172 valence electrons. The van der Waals surface area contributed by atoms with E-state index < -0.39 is 10.8 Å². The lowest BCUT2D eigenvalue weighted by Crippen LogP contribution is -2.30. The minimum absolute atomic E-state index is 0.0989. The number of benzene rings is 2. The second kappa shape index (κ2) is 10.8. The zero-order valence-electron chi connectivity index (χ0n) is 18.3. The van der Waals surface area contributed by atoms with Gasteiger partial charge >= 0.3 is 0 Å². The van der Waals surface area contributed by atoms with Crippen LogP contribution in [0.1, 0.15) is 48.5 Å². The summed E-state index contributed by atoms with van der Waals surface area (Å²) >= 11 is 0. The number of ether oxygens (including phenoxy) is 2. The van der Waals surface area contributed by atoms with Crippen molar-refractivity contribution in [3.63, 3.8) is 0 Å². The Bertz CT molecular complexity index is 957. The number of non-ortho nitro benzene ring substituents is 1. The molecule has 1 saturated carbocycles. The third-order valence-electron chi connectivity index (χ3n) is 5.50. The Labute approximate surface area is 186 Å². The topological polar surface area (TPSA) is 123 Å². The van der Waals surface area contributed by atoms with Crippen LogP contribution in [0.4, 0.5) is 11.4 Å². The number of nitrogens with one attached hydrogen (secondary N) is 2. The third kappa shape index (κ3) is 5.88. The number of carbonyl (C=O) groups is 1. The molecule has 0 spiro atoms. The van der Waals surface area contributed by atoms with E-state index in [0.717, 1.165) is 18.4 Å². The van der Waals surface area contributed by atoms with Gasteiger partial charge in [-0.05, 0) is 56.4 Å². The van der Waals surface area contributed by atoms with Crippen LogP contribution in [0.15, 0.2) is 36.4 Å². The molecule has 9 nitrogen and oxygen atoms in total. The van der Waals surface area contributed by atoms with Crippen molar-refractivity contribution in [1.82, 2.24) is 5.32 Å². The first-order chi connectivity index (χ1) is 15.4. The smallest absolute Gasteiger partial charge is 0.270 e. The number of hydrogen-bond acceptors (Lipinski definition) is 7. The summed E-state index contributed by atoms with van der Waals surface area (Å²) in [5, 5.41) is 27.1. The summed E-state index contributed by atoms with van der Waals surface area (Å²) in [6, 6.07) is 9.72. The number of anilines is 1. The first kappa shape index (κ1) is 23.3. The molecule has 0 unspecified atom stereocenters. The molecule has 1 aliphatic carbocycles. The van der Waals surface area contributed by atoms with Crippen LogP contribution < -0.4 is 20.1 Å². The van der Waals surface area contributed by atoms with Gasteiger partial charge in [0.2, 0.25) is 0 Å². The van der Waals surface area contributed by atoms with E-state index in [1.807, 2.05) is 13.0 Å². The number of nitro groups is 1. The van der Waals surface area contributed by atoms with E-state index in [1.165, 1.54) is 12.1 Å². The number of aliphatic hydroxyl groups excluding tert-OH is 1. The van der Waals surface area contributed by atoms with Crippen molar-refractivity contribution in [2.75, 3.05) is 19.0 Å². The van der Waals surface area contributed by atoms with E-state index in [4.69, 9.17) is 9.47 Å². The van der Waals surface area contributed by atoms with E-state index in [1.54, 1.807) is 25.3 Å². The third-order valence-corrected chi connectivity index (χ3v) is 5.50. The highest BCUT2D eigenvalue weighted by Gasteiger charge is 2.23. The Morgan fingerprint density at radius 3 is 2.56 bits per heavy atom. The molecule has 0 heterocycles. The van der Waals surface area contributed by atoms with E-state index in [2.05, 4.69) is 10.6 Å². The van der Waals surface area contributed by atoms with E-state index in [0.29, 0.717) is 36.6 Å². The van der Waals surface area contributed by atoms with Gasteiger partial charge in [0.05, 0.1) is 30.3 Å². The van der Waals surface area contributed by atoms with Crippen LogP contribution in [0.2, 0.25) is 0 Å². The lowest BCUT2D eigenvalue weighted by atomic mass is 9.92. The largest absolute Gasteiger partial charge is 0.493 e. The van der Waals surface area contributed by atoms with Crippen LogP contribution >= 0.6 is 0 Å². The molecule has 0 aromatic heterocycles. The molecule has 1 fully saturated rings. The van der Waals surface area contributed by atoms with Gasteiger partial charge in [-0.25, -0.2) is 0 Å². The molecule has 0 atom stereocenters. The highest BCUT2D eigenvalue weighted by atomic mass is 16.6. The van der Waals surface area contributed by atoms with Gasteiger partial charge in [0.25, 0.3) is 11.6 Å². The fourth-order valence-electron chi connectivity index (χ4n) is 3.77. The standard InChI is InChI=1S/C23H29N3O6/c1-3-32-21-11-4-15(12-22(21)31-2)14-24-23(28)19-13-17(26(29)30)7-10-20(19)25-16-5-8-18(27)9-6-16/h4,7,10-13,16,18,25,27H,3,5-6,8-9,14H2,1-2H3,(H,24,28). The summed E-state index contributed by atoms with van der Waals surface area (Å²) in [6.45, 7) is 2.61. The Morgan fingerprint density at radius 1 is 1.16 bits per heavy atom. The lowest BCUT2D eigenvalue weighted by molar-refractivity contribution is -0.384. The predicted octanol–water partition coefficient (Wildman–Crippen LogP) is 3.65. The highest BCUT2D eigenvalue weighted by Crippen LogP contribution is 2.29. The van der Waals surface area contributed by atoms with Gasteiger partial charge in [-0.1, -0.05) is 6.07 Å². The molecule has 32 heavy (non-hydrogen) atoms. The molecule has 3 rings (SSSR count). The fourth-order valence-corrected chi connectivity index (χ4v) is 3.77. The van der Waals surface area contributed by atoms with E-state index in [-0.39, 0.29) is 29.9 Å². The summed E-state index contributed by atoms with van der Waals surface area (Å²) in [5.41, 5.74) is 1.41. The molecule has 3 N–H and O–H groups in total. The second-order valence-electron chi connectivity index (χ2n) is 7.74. The summed E-state index contributed by atoms with van der Waals surface area (Å²) in [5.74, 6) is 0.767. The monoisotopic (exact) mass is 443 g/mol. The van der Waals surface area contributed by atoms with Gasteiger partial charge < -0.3 is 25.2 Å².